The van der Waals surface area contributed by atoms with Crippen LogP contribution in [0.3, 0.4) is 0 Å². The van der Waals surface area contributed by atoms with Crippen molar-refractivity contribution >= 4 is 12.0 Å². The molecule has 2 heterocycles. The normalized spacial score (nSPS) is 30.9. The molecular weight excluding hydrogens is 276 g/mol. The van der Waals surface area contributed by atoms with Gasteiger partial charge >= 0.3 is 12.0 Å². The molecule has 0 saturated carbocycles. The molecule has 0 aromatic rings. The minimum Gasteiger partial charge on any atom is -0.480 e. The van der Waals surface area contributed by atoms with Crippen LogP contribution in [0, 0.1) is 0 Å². The molecule has 0 radical (unpaired) electrons. The van der Waals surface area contributed by atoms with Gasteiger partial charge in [-0.1, -0.05) is 12.8 Å². The van der Waals surface area contributed by atoms with Crippen molar-refractivity contribution in [1.82, 2.24) is 9.80 Å². The Kier molecular flexibility index (Phi) is 5.41. The number of aliphatic hydroxyl groups excluding tert-OH is 1. The Bertz CT molecular complexity index is 390. The van der Waals surface area contributed by atoms with Gasteiger partial charge in [0.2, 0.25) is 0 Å². The van der Waals surface area contributed by atoms with Crippen molar-refractivity contribution in [2.45, 2.75) is 50.9 Å². The van der Waals surface area contributed by atoms with E-state index in [4.69, 9.17) is 4.74 Å². The van der Waals surface area contributed by atoms with Gasteiger partial charge in [-0.3, -0.25) is 0 Å². The first-order valence-electron chi connectivity index (χ1n) is 7.57. The van der Waals surface area contributed by atoms with Crippen molar-refractivity contribution in [2.75, 3.05) is 26.2 Å². The maximum Gasteiger partial charge on any atom is 0.326 e. The van der Waals surface area contributed by atoms with Gasteiger partial charge in [0.05, 0.1) is 25.4 Å². The lowest BCUT2D eigenvalue weighted by molar-refractivity contribution is -0.142. The van der Waals surface area contributed by atoms with Crippen LogP contribution in [-0.4, -0.2) is 76.5 Å². The van der Waals surface area contributed by atoms with Crippen LogP contribution in [0.1, 0.15) is 32.6 Å². The predicted octanol–water partition coefficient (Wildman–Crippen LogP) is 0.517. The molecule has 0 spiro atoms. The second-order valence-corrected chi connectivity index (χ2v) is 5.84. The fourth-order valence-electron chi connectivity index (χ4n) is 3.08. The Morgan fingerprint density at radius 1 is 1.24 bits per heavy atom. The van der Waals surface area contributed by atoms with Gasteiger partial charge in [-0.05, 0) is 19.8 Å². The van der Waals surface area contributed by atoms with Gasteiger partial charge < -0.3 is 24.7 Å². The molecule has 120 valence electrons. The summed E-state index contributed by atoms with van der Waals surface area (Å²) in [6.45, 7) is 2.92. The van der Waals surface area contributed by atoms with E-state index in [0.29, 0.717) is 26.1 Å². The van der Waals surface area contributed by atoms with E-state index in [9.17, 15) is 19.8 Å². The van der Waals surface area contributed by atoms with Gasteiger partial charge in [0.25, 0.3) is 0 Å². The van der Waals surface area contributed by atoms with Gasteiger partial charge in [-0.2, -0.15) is 0 Å². The molecule has 0 bridgehead atoms. The largest absolute Gasteiger partial charge is 0.480 e. The van der Waals surface area contributed by atoms with Crippen LogP contribution in [0.2, 0.25) is 0 Å². The number of carbonyl (C=O) groups is 2. The summed E-state index contributed by atoms with van der Waals surface area (Å²) in [6, 6.07) is -0.997. The number of carboxylic acid groups (broad SMARTS) is 1. The lowest BCUT2D eigenvalue weighted by Crippen LogP contribution is -2.57. The van der Waals surface area contributed by atoms with Crippen LogP contribution in [0.15, 0.2) is 0 Å². The lowest BCUT2D eigenvalue weighted by atomic mass is 10.1. The zero-order chi connectivity index (χ0) is 15.4. The third-order valence-corrected chi connectivity index (χ3v) is 4.08. The highest BCUT2D eigenvalue weighted by Gasteiger charge is 2.36. The zero-order valence-electron chi connectivity index (χ0n) is 12.4. The third-order valence-electron chi connectivity index (χ3n) is 4.08. The van der Waals surface area contributed by atoms with Crippen LogP contribution < -0.4 is 0 Å². The number of morpholine rings is 1. The Morgan fingerprint density at radius 3 is 2.67 bits per heavy atom. The SMILES string of the molecule is CC1CN(C(=O)N2CCCCCC2C(=O)O)CC(CO)O1. The smallest absolute Gasteiger partial charge is 0.326 e. The Morgan fingerprint density at radius 2 is 2.00 bits per heavy atom. The molecule has 21 heavy (non-hydrogen) atoms. The summed E-state index contributed by atoms with van der Waals surface area (Å²) >= 11 is 0. The Labute approximate surface area is 124 Å². The average molecular weight is 300 g/mol. The molecule has 0 aliphatic carbocycles. The highest BCUT2D eigenvalue weighted by molar-refractivity contribution is 5.83. The molecule has 7 nitrogen and oxygen atoms in total. The van der Waals surface area contributed by atoms with E-state index in [1.807, 2.05) is 6.92 Å². The van der Waals surface area contributed by atoms with Gasteiger partial charge in [-0.15, -0.1) is 0 Å². The quantitative estimate of drug-likeness (QED) is 0.776. The van der Waals surface area contributed by atoms with Crippen LogP contribution >= 0.6 is 0 Å². The minimum absolute atomic E-state index is 0.142. The van der Waals surface area contributed by atoms with Crippen molar-refractivity contribution in [1.29, 1.82) is 0 Å². The predicted molar refractivity (Wildman–Crippen MR) is 75.0 cm³/mol. The molecule has 0 aromatic carbocycles. The third kappa shape index (κ3) is 3.85. The highest BCUT2D eigenvalue weighted by atomic mass is 16.5. The van der Waals surface area contributed by atoms with Crippen molar-refractivity contribution in [2.24, 2.45) is 0 Å². The summed E-state index contributed by atoms with van der Waals surface area (Å²) in [5, 5.41) is 18.6. The summed E-state index contributed by atoms with van der Waals surface area (Å²) in [7, 11) is 0. The van der Waals surface area contributed by atoms with E-state index in [0.717, 1.165) is 19.3 Å². The number of carbonyl (C=O) groups excluding carboxylic acids is 1. The monoisotopic (exact) mass is 300 g/mol. The van der Waals surface area contributed by atoms with Crippen molar-refractivity contribution in [3.63, 3.8) is 0 Å². The molecule has 2 aliphatic heterocycles. The number of urea groups is 1. The maximum atomic E-state index is 12.7. The summed E-state index contributed by atoms with van der Waals surface area (Å²) in [5.41, 5.74) is 0. The topological polar surface area (TPSA) is 90.3 Å². The Balaban J connectivity index is 2.10. The summed E-state index contributed by atoms with van der Waals surface area (Å²) in [5.74, 6) is -0.940. The van der Waals surface area contributed by atoms with Crippen LogP contribution in [-0.2, 0) is 9.53 Å². The highest BCUT2D eigenvalue weighted by Crippen LogP contribution is 2.21. The summed E-state index contributed by atoms with van der Waals surface area (Å²) < 4.78 is 5.52. The number of ether oxygens (including phenoxy) is 1. The maximum absolute atomic E-state index is 12.7. The second-order valence-electron chi connectivity index (χ2n) is 5.84. The van der Waals surface area contributed by atoms with Crippen LogP contribution in [0.4, 0.5) is 4.79 Å². The van der Waals surface area contributed by atoms with Gasteiger partial charge in [0.15, 0.2) is 0 Å². The van der Waals surface area contributed by atoms with E-state index in [1.54, 1.807) is 4.90 Å². The van der Waals surface area contributed by atoms with E-state index in [2.05, 4.69) is 0 Å². The number of nitrogens with zero attached hydrogens (tertiary/aromatic N) is 2. The summed E-state index contributed by atoms with van der Waals surface area (Å²) in [6.07, 6.45) is 2.57. The van der Waals surface area contributed by atoms with E-state index in [1.165, 1.54) is 4.90 Å². The Hall–Kier alpha value is -1.34. The number of hydrogen-bond acceptors (Lipinski definition) is 4. The molecule has 2 amide bonds. The molecule has 2 rings (SSSR count). The number of aliphatic carboxylic acids is 1. The number of rotatable bonds is 2. The molecule has 0 aromatic heterocycles. The average Bonchev–Trinajstić information content (AvgIpc) is 2.71. The van der Waals surface area contributed by atoms with Crippen molar-refractivity contribution in [3.8, 4) is 0 Å². The zero-order valence-corrected chi connectivity index (χ0v) is 12.4. The van der Waals surface area contributed by atoms with Gasteiger partial charge in [0, 0.05) is 13.1 Å². The molecule has 2 aliphatic rings. The van der Waals surface area contributed by atoms with Crippen molar-refractivity contribution in [3.05, 3.63) is 0 Å². The van der Waals surface area contributed by atoms with Gasteiger partial charge in [-0.25, -0.2) is 9.59 Å². The number of aliphatic hydroxyl groups is 1. The number of likely N-dealkylation sites (tertiary alicyclic amines) is 1. The second kappa shape index (κ2) is 7.09. The fraction of sp³-hybridized carbons (Fsp3) is 0.857. The number of amides is 2. The molecular formula is C14H24N2O5. The first-order chi connectivity index (χ1) is 10.0. The van der Waals surface area contributed by atoms with Crippen LogP contribution in [0.5, 0.6) is 0 Å². The van der Waals surface area contributed by atoms with Crippen LogP contribution in [0.25, 0.3) is 0 Å². The molecule has 3 atom stereocenters. The first-order valence-corrected chi connectivity index (χ1v) is 7.57. The van der Waals surface area contributed by atoms with E-state index < -0.39 is 18.1 Å². The van der Waals surface area contributed by atoms with E-state index in [-0.39, 0.29) is 18.7 Å². The molecule has 2 N–H and O–H groups in total. The van der Waals surface area contributed by atoms with E-state index >= 15 is 0 Å². The molecule has 3 unspecified atom stereocenters. The molecule has 2 fully saturated rings. The molecule has 7 heteroatoms. The number of carboxylic acids is 1. The fourth-order valence-corrected chi connectivity index (χ4v) is 3.08. The lowest BCUT2D eigenvalue weighted by Gasteiger charge is -2.39. The summed E-state index contributed by atoms with van der Waals surface area (Å²) in [4.78, 5) is 27.2. The minimum atomic E-state index is -0.940. The van der Waals surface area contributed by atoms with Gasteiger partial charge in [0.1, 0.15) is 6.04 Å². The number of hydrogen-bond donors (Lipinski definition) is 2. The standard InChI is InChI=1S/C14H24N2O5/c1-10-7-15(8-11(9-17)21-10)14(20)16-6-4-2-3-5-12(16)13(18)19/h10-12,17H,2-9H2,1H3,(H,18,19). The molecule has 2 saturated heterocycles. The first kappa shape index (κ1) is 16.0. The van der Waals surface area contributed by atoms with Crippen molar-refractivity contribution < 1.29 is 24.5 Å².